The number of amides is 2. The summed E-state index contributed by atoms with van der Waals surface area (Å²) in [5.41, 5.74) is 2.79. The zero-order valence-corrected chi connectivity index (χ0v) is 25.0. The molecule has 0 unspecified atom stereocenters. The van der Waals surface area contributed by atoms with Crippen molar-refractivity contribution >= 4 is 39.1 Å². The van der Waals surface area contributed by atoms with Crippen LogP contribution in [-0.2, 0) is 32.6 Å². The summed E-state index contributed by atoms with van der Waals surface area (Å²) >= 11 is 6.20. The zero-order valence-electron chi connectivity index (χ0n) is 23.4. The highest BCUT2D eigenvalue weighted by atomic mass is 35.5. The Morgan fingerprint density at radius 1 is 1.00 bits per heavy atom. The van der Waals surface area contributed by atoms with Gasteiger partial charge in [-0.25, -0.2) is 8.42 Å². The van der Waals surface area contributed by atoms with Crippen molar-refractivity contribution in [2.45, 2.75) is 45.8 Å². The number of nitrogens with one attached hydrogen (secondary N) is 1. The summed E-state index contributed by atoms with van der Waals surface area (Å²) in [5.74, 6) is -0.631. The first-order valence-electron chi connectivity index (χ1n) is 12.9. The van der Waals surface area contributed by atoms with E-state index in [0.29, 0.717) is 0 Å². The Morgan fingerprint density at radius 2 is 1.65 bits per heavy atom. The van der Waals surface area contributed by atoms with Crippen LogP contribution >= 0.6 is 11.6 Å². The lowest BCUT2D eigenvalue weighted by Gasteiger charge is -2.34. The molecule has 0 heterocycles. The van der Waals surface area contributed by atoms with Gasteiger partial charge in [0.15, 0.2) is 0 Å². The molecule has 3 rings (SSSR count). The van der Waals surface area contributed by atoms with E-state index in [2.05, 4.69) is 5.32 Å². The van der Waals surface area contributed by atoms with Crippen LogP contribution in [0.1, 0.15) is 30.5 Å². The monoisotopic (exact) mass is 585 g/mol. The maximum atomic E-state index is 14.2. The van der Waals surface area contributed by atoms with Gasteiger partial charge in [-0.1, -0.05) is 66.2 Å². The number of benzene rings is 3. The molecule has 3 aromatic rings. The highest BCUT2D eigenvalue weighted by Crippen LogP contribution is 2.33. The van der Waals surface area contributed by atoms with Crippen LogP contribution in [0.5, 0.6) is 5.75 Å². The summed E-state index contributed by atoms with van der Waals surface area (Å²) in [6.07, 6.45) is 1.26. The second-order valence-electron chi connectivity index (χ2n) is 9.90. The van der Waals surface area contributed by atoms with Crippen molar-refractivity contribution < 1.29 is 22.7 Å². The molecule has 10 heteroatoms. The fourth-order valence-electron chi connectivity index (χ4n) is 4.36. The van der Waals surface area contributed by atoms with Crippen molar-refractivity contribution in [2.75, 3.05) is 24.2 Å². The van der Waals surface area contributed by atoms with Crippen LogP contribution in [0.2, 0.25) is 5.02 Å². The fraction of sp³-hybridized carbons (Fsp3) is 0.333. The molecule has 0 bridgehead atoms. The minimum absolute atomic E-state index is 0.110. The SMILES string of the molecule is COc1ccc(Cl)cc1N(CC(=O)N(Cc1ccccc1C)[C@@H](Cc1ccccc1)C(=O)NC(C)C)S(C)(=O)=O. The van der Waals surface area contributed by atoms with Gasteiger partial charge < -0.3 is 15.0 Å². The molecule has 8 nitrogen and oxygen atoms in total. The Kier molecular flexibility index (Phi) is 10.6. The van der Waals surface area contributed by atoms with Crippen LogP contribution in [0.15, 0.2) is 72.8 Å². The van der Waals surface area contributed by atoms with E-state index in [1.165, 1.54) is 18.1 Å². The Balaban J connectivity index is 2.11. The number of hydrogen-bond acceptors (Lipinski definition) is 5. The molecular formula is C30H36ClN3O5S. The Morgan fingerprint density at radius 3 is 2.25 bits per heavy atom. The maximum Gasteiger partial charge on any atom is 0.244 e. The predicted molar refractivity (Wildman–Crippen MR) is 159 cm³/mol. The molecule has 1 atom stereocenters. The number of carbonyl (C=O) groups is 2. The molecule has 0 fully saturated rings. The molecule has 0 aliphatic rings. The van der Waals surface area contributed by atoms with E-state index in [-0.39, 0.29) is 41.4 Å². The summed E-state index contributed by atoms with van der Waals surface area (Å²) in [5, 5.41) is 3.22. The van der Waals surface area contributed by atoms with E-state index in [9.17, 15) is 18.0 Å². The van der Waals surface area contributed by atoms with Gasteiger partial charge in [0.25, 0.3) is 0 Å². The second-order valence-corrected chi connectivity index (χ2v) is 12.2. The van der Waals surface area contributed by atoms with E-state index in [1.54, 1.807) is 12.1 Å². The first-order chi connectivity index (χ1) is 18.9. The van der Waals surface area contributed by atoms with Crippen molar-refractivity contribution in [3.8, 4) is 5.75 Å². The van der Waals surface area contributed by atoms with Gasteiger partial charge in [0.05, 0.1) is 19.1 Å². The number of sulfonamides is 1. The summed E-state index contributed by atoms with van der Waals surface area (Å²) in [7, 11) is -2.55. The zero-order chi connectivity index (χ0) is 29.4. The van der Waals surface area contributed by atoms with E-state index < -0.39 is 28.5 Å². The summed E-state index contributed by atoms with van der Waals surface area (Å²) in [6, 6.07) is 20.5. The predicted octanol–water partition coefficient (Wildman–Crippen LogP) is 4.59. The minimum Gasteiger partial charge on any atom is -0.495 e. The van der Waals surface area contributed by atoms with Gasteiger partial charge in [0, 0.05) is 24.0 Å². The molecule has 0 aromatic heterocycles. The number of ether oxygens (including phenoxy) is 1. The molecule has 40 heavy (non-hydrogen) atoms. The molecule has 2 amide bonds. The number of hydrogen-bond donors (Lipinski definition) is 1. The van der Waals surface area contributed by atoms with Gasteiger partial charge in [0.1, 0.15) is 18.3 Å². The molecular weight excluding hydrogens is 550 g/mol. The second kappa shape index (κ2) is 13.7. The summed E-state index contributed by atoms with van der Waals surface area (Å²) < 4.78 is 32.3. The van der Waals surface area contributed by atoms with Crippen LogP contribution < -0.4 is 14.4 Å². The van der Waals surface area contributed by atoms with Crippen molar-refractivity contribution in [1.82, 2.24) is 10.2 Å². The van der Waals surface area contributed by atoms with E-state index in [4.69, 9.17) is 16.3 Å². The van der Waals surface area contributed by atoms with Crippen LogP contribution in [0.4, 0.5) is 5.69 Å². The van der Waals surface area contributed by atoms with Crippen LogP contribution in [0.25, 0.3) is 0 Å². The van der Waals surface area contributed by atoms with Crippen molar-refractivity contribution in [3.63, 3.8) is 0 Å². The fourth-order valence-corrected chi connectivity index (χ4v) is 5.37. The van der Waals surface area contributed by atoms with Crippen LogP contribution in [0.3, 0.4) is 0 Å². The number of rotatable bonds is 12. The molecule has 1 N–H and O–H groups in total. The Hall–Kier alpha value is -3.56. The Labute approximate surface area is 241 Å². The summed E-state index contributed by atoms with van der Waals surface area (Å²) in [6.45, 7) is 5.18. The van der Waals surface area contributed by atoms with Gasteiger partial charge in [-0.05, 0) is 55.7 Å². The van der Waals surface area contributed by atoms with E-state index in [0.717, 1.165) is 27.3 Å². The molecule has 0 radical (unpaired) electrons. The van der Waals surface area contributed by atoms with Gasteiger partial charge in [-0.15, -0.1) is 0 Å². The summed E-state index contributed by atoms with van der Waals surface area (Å²) in [4.78, 5) is 29.2. The number of methoxy groups -OCH3 is 1. The first kappa shape index (κ1) is 31.0. The van der Waals surface area contributed by atoms with Crippen LogP contribution in [-0.4, -0.2) is 57.1 Å². The average molecular weight is 586 g/mol. The third-order valence-electron chi connectivity index (χ3n) is 6.39. The highest BCUT2D eigenvalue weighted by molar-refractivity contribution is 7.92. The van der Waals surface area contributed by atoms with Crippen molar-refractivity contribution in [2.24, 2.45) is 0 Å². The third-order valence-corrected chi connectivity index (χ3v) is 7.75. The quantitative estimate of drug-likeness (QED) is 0.335. The smallest absolute Gasteiger partial charge is 0.244 e. The van der Waals surface area contributed by atoms with Crippen molar-refractivity contribution in [3.05, 3.63) is 94.5 Å². The number of halogens is 1. The first-order valence-corrected chi connectivity index (χ1v) is 15.1. The molecule has 0 saturated heterocycles. The topological polar surface area (TPSA) is 96.0 Å². The molecule has 0 aliphatic heterocycles. The standard InChI is InChI=1S/C30H36ClN3O5S/c1-21(2)32-30(36)27(17-23-12-7-6-8-13-23)33(19-24-14-10-9-11-22(24)3)29(35)20-34(40(5,37)38)26-18-25(31)15-16-28(26)39-4/h6-16,18,21,27H,17,19-20H2,1-5H3,(H,32,36)/t27-/m0/s1. The molecule has 3 aromatic carbocycles. The molecule has 214 valence electrons. The maximum absolute atomic E-state index is 14.2. The number of carbonyl (C=O) groups excluding carboxylic acids is 2. The number of aryl methyl sites for hydroxylation is 1. The van der Waals surface area contributed by atoms with Gasteiger partial charge in [-0.3, -0.25) is 13.9 Å². The Bertz CT molecular complexity index is 1430. The number of anilines is 1. The van der Waals surface area contributed by atoms with Gasteiger partial charge in [-0.2, -0.15) is 0 Å². The average Bonchev–Trinajstić information content (AvgIpc) is 2.89. The van der Waals surface area contributed by atoms with Gasteiger partial charge in [0.2, 0.25) is 21.8 Å². The minimum atomic E-state index is -3.95. The lowest BCUT2D eigenvalue weighted by Crippen LogP contribution is -2.54. The van der Waals surface area contributed by atoms with E-state index >= 15 is 0 Å². The van der Waals surface area contributed by atoms with Gasteiger partial charge >= 0.3 is 0 Å². The molecule has 0 spiro atoms. The third kappa shape index (κ3) is 8.22. The van der Waals surface area contributed by atoms with E-state index in [1.807, 2.05) is 75.4 Å². The highest BCUT2D eigenvalue weighted by Gasteiger charge is 2.34. The normalized spacial score (nSPS) is 12.1. The van der Waals surface area contributed by atoms with Crippen molar-refractivity contribution in [1.29, 1.82) is 0 Å². The largest absolute Gasteiger partial charge is 0.495 e. The molecule has 0 aliphatic carbocycles. The lowest BCUT2D eigenvalue weighted by atomic mass is 10.0. The molecule has 0 saturated carbocycles. The van der Waals surface area contributed by atoms with Crippen LogP contribution in [0, 0.1) is 6.92 Å². The lowest BCUT2D eigenvalue weighted by molar-refractivity contribution is -0.140. The number of nitrogens with zero attached hydrogens (tertiary/aromatic N) is 2.